The van der Waals surface area contributed by atoms with Gasteiger partial charge in [-0.2, -0.15) is 12.6 Å². The highest BCUT2D eigenvalue weighted by molar-refractivity contribution is 7.81. The summed E-state index contributed by atoms with van der Waals surface area (Å²) in [6.45, 7) is 4.58. The Labute approximate surface area is 75.6 Å². The van der Waals surface area contributed by atoms with Crippen molar-refractivity contribution in [3.63, 3.8) is 0 Å². The van der Waals surface area contributed by atoms with Gasteiger partial charge < -0.3 is 0 Å². The average molecular weight is 181 g/mol. The molecule has 0 aromatic carbocycles. The molecule has 1 fully saturated rings. The molecule has 0 spiro atoms. The maximum absolute atomic E-state index is 4.61. The zero-order valence-corrected chi connectivity index (χ0v) is 8.47. The van der Waals surface area contributed by atoms with Crippen LogP contribution in [0.3, 0.4) is 0 Å². The fraction of sp³-hybridized carbons (Fsp3) is 1.00. The van der Waals surface area contributed by atoms with E-state index in [1.54, 1.807) is 0 Å². The molecule has 2 unspecified atom stereocenters. The predicted molar refractivity (Wildman–Crippen MR) is 52.3 cm³/mol. The predicted octanol–water partition coefficient (Wildman–Crippen LogP) is 3.31. The van der Waals surface area contributed by atoms with Crippen LogP contribution in [0.1, 0.15) is 39.5 Å². The molecule has 0 aliphatic heterocycles. The molecule has 0 aromatic rings. The van der Waals surface area contributed by atoms with Crippen LogP contribution in [-0.4, -0.2) is 4.75 Å². The van der Waals surface area contributed by atoms with Crippen molar-refractivity contribution in [3.05, 3.63) is 0 Å². The highest BCUT2D eigenvalue weighted by Gasteiger charge is 2.29. The van der Waals surface area contributed by atoms with Crippen LogP contribution in [0.4, 0.5) is 0 Å². The van der Waals surface area contributed by atoms with Gasteiger partial charge in [-0.15, -0.1) is 12.4 Å². The number of hydrogen-bond acceptors (Lipinski definition) is 1. The van der Waals surface area contributed by atoms with Crippen LogP contribution in [0.25, 0.3) is 0 Å². The molecule has 0 aromatic heterocycles. The summed E-state index contributed by atoms with van der Waals surface area (Å²) in [7, 11) is 0. The van der Waals surface area contributed by atoms with E-state index in [1.165, 1.54) is 25.7 Å². The SMILES string of the molecule is CC1CCCCC1(C)S.Cl. The summed E-state index contributed by atoms with van der Waals surface area (Å²) in [4.78, 5) is 0. The Morgan fingerprint density at radius 1 is 1.40 bits per heavy atom. The maximum Gasteiger partial charge on any atom is 0.0127 e. The molecule has 0 saturated heterocycles. The van der Waals surface area contributed by atoms with E-state index in [4.69, 9.17) is 0 Å². The van der Waals surface area contributed by atoms with Crippen molar-refractivity contribution in [2.45, 2.75) is 44.3 Å². The van der Waals surface area contributed by atoms with Crippen molar-refractivity contribution in [1.29, 1.82) is 0 Å². The fourth-order valence-electron chi connectivity index (χ4n) is 1.49. The van der Waals surface area contributed by atoms with Crippen LogP contribution in [0.2, 0.25) is 0 Å². The van der Waals surface area contributed by atoms with Crippen molar-refractivity contribution in [3.8, 4) is 0 Å². The van der Waals surface area contributed by atoms with Gasteiger partial charge in [0.05, 0.1) is 0 Å². The van der Waals surface area contributed by atoms with E-state index in [1.807, 2.05) is 0 Å². The first-order chi connectivity index (χ1) is 4.13. The van der Waals surface area contributed by atoms with Crippen molar-refractivity contribution in [2.75, 3.05) is 0 Å². The lowest BCUT2D eigenvalue weighted by Gasteiger charge is -2.35. The molecule has 1 saturated carbocycles. The van der Waals surface area contributed by atoms with Gasteiger partial charge in [0.2, 0.25) is 0 Å². The summed E-state index contributed by atoms with van der Waals surface area (Å²) in [6.07, 6.45) is 5.47. The third-order valence-electron chi connectivity index (χ3n) is 2.63. The highest BCUT2D eigenvalue weighted by atomic mass is 35.5. The average Bonchev–Trinajstić information content (AvgIpc) is 1.77. The Bertz CT molecular complexity index is 101. The first kappa shape index (κ1) is 10.6. The summed E-state index contributed by atoms with van der Waals surface area (Å²) in [5.41, 5.74) is 0. The molecular formula is C8H17ClS. The minimum atomic E-state index is 0. The molecule has 0 amide bonds. The van der Waals surface area contributed by atoms with E-state index in [0.29, 0.717) is 4.75 Å². The monoisotopic (exact) mass is 180 g/mol. The van der Waals surface area contributed by atoms with Crippen molar-refractivity contribution in [1.82, 2.24) is 0 Å². The summed E-state index contributed by atoms with van der Waals surface area (Å²) in [5.74, 6) is 0.814. The summed E-state index contributed by atoms with van der Waals surface area (Å²) < 4.78 is 0.332. The standard InChI is InChI=1S/C8H16S.ClH/c1-7-5-3-4-6-8(7,2)9;/h7,9H,3-6H2,1-2H3;1H. The summed E-state index contributed by atoms with van der Waals surface area (Å²) in [5, 5.41) is 0. The van der Waals surface area contributed by atoms with Crippen LogP contribution in [-0.2, 0) is 0 Å². The molecule has 2 atom stereocenters. The quantitative estimate of drug-likeness (QED) is 0.544. The lowest BCUT2D eigenvalue weighted by molar-refractivity contribution is 0.314. The smallest absolute Gasteiger partial charge is 0.0127 e. The Morgan fingerprint density at radius 3 is 2.30 bits per heavy atom. The lowest BCUT2D eigenvalue weighted by Crippen LogP contribution is -2.29. The minimum absolute atomic E-state index is 0. The molecule has 1 rings (SSSR count). The molecule has 0 radical (unpaired) electrons. The van der Waals surface area contributed by atoms with Crippen molar-refractivity contribution >= 4 is 25.0 Å². The minimum Gasteiger partial charge on any atom is -0.173 e. The first-order valence-electron chi connectivity index (χ1n) is 3.85. The van der Waals surface area contributed by atoms with E-state index >= 15 is 0 Å². The van der Waals surface area contributed by atoms with Gasteiger partial charge in [0, 0.05) is 4.75 Å². The van der Waals surface area contributed by atoms with Gasteiger partial charge in [0.25, 0.3) is 0 Å². The Balaban J connectivity index is 0.000000810. The van der Waals surface area contributed by atoms with E-state index in [0.717, 1.165) is 5.92 Å². The van der Waals surface area contributed by atoms with Crippen molar-refractivity contribution in [2.24, 2.45) is 5.92 Å². The Morgan fingerprint density at radius 2 is 2.00 bits per heavy atom. The Kier molecular flexibility index (Phi) is 4.12. The van der Waals surface area contributed by atoms with E-state index in [9.17, 15) is 0 Å². The largest absolute Gasteiger partial charge is 0.173 e. The lowest BCUT2D eigenvalue weighted by atomic mass is 9.81. The third kappa shape index (κ3) is 2.35. The van der Waals surface area contributed by atoms with Crippen LogP contribution in [0, 0.1) is 5.92 Å². The number of thiol groups is 1. The zero-order valence-electron chi connectivity index (χ0n) is 6.76. The van der Waals surface area contributed by atoms with Crippen molar-refractivity contribution < 1.29 is 0 Å². The molecule has 1 aliphatic rings. The van der Waals surface area contributed by atoms with E-state index < -0.39 is 0 Å². The van der Waals surface area contributed by atoms with Gasteiger partial charge in [-0.1, -0.05) is 26.7 Å². The van der Waals surface area contributed by atoms with Gasteiger partial charge >= 0.3 is 0 Å². The van der Waals surface area contributed by atoms with E-state index in [2.05, 4.69) is 26.5 Å². The second-order valence-electron chi connectivity index (χ2n) is 3.50. The molecule has 0 nitrogen and oxygen atoms in total. The third-order valence-corrected chi connectivity index (χ3v) is 3.30. The topological polar surface area (TPSA) is 0 Å². The fourth-order valence-corrected chi connectivity index (χ4v) is 1.78. The second kappa shape index (κ2) is 3.87. The maximum atomic E-state index is 4.61. The molecule has 62 valence electrons. The second-order valence-corrected chi connectivity index (χ2v) is 4.53. The highest BCUT2D eigenvalue weighted by Crippen LogP contribution is 2.37. The van der Waals surface area contributed by atoms with Gasteiger partial charge in [-0.25, -0.2) is 0 Å². The van der Waals surface area contributed by atoms with Gasteiger partial charge in [-0.3, -0.25) is 0 Å². The van der Waals surface area contributed by atoms with Crippen LogP contribution < -0.4 is 0 Å². The summed E-state index contributed by atoms with van der Waals surface area (Å²) >= 11 is 4.61. The number of rotatable bonds is 0. The molecule has 0 bridgehead atoms. The molecule has 2 heteroatoms. The Hall–Kier alpha value is 0.640. The van der Waals surface area contributed by atoms with Crippen LogP contribution >= 0.6 is 25.0 Å². The molecular weight excluding hydrogens is 164 g/mol. The zero-order chi connectivity index (χ0) is 6.91. The first-order valence-corrected chi connectivity index (χ1v) is 4.30. The molecule has 0 heterocycles. The molecule has 0 N–H and O–H groups in total. The number of hydrogen-bond donors (Lipinski definition) is 1. The summed E-state index contributed by atoms with van der Waals surface area (Å²) in [6, 6.07) is 0. The van der Waals surface area contributed by atoms with Crippen LogP contribution in [0.15, 0.2) is 0 Å². The van der Waals surface area contributed by atoms with Crippen LogP contribution in [0.5, 0.6) is 0 Å². The van der Waals surface area contributed by atoms with Gasteiger partial charge in [-0.05, 0) is 18.8 Å². The molecule has 10 heavy (non-hydrogen) atoms. The van der Waals surface area contributed by atoms with Gasteiger partial charge in [0.1, 0.15) is 0 Å². The van der Waals surface area contributed by atoms with Gasteiger partial charge in [0.15, 0.2) is 0 Å². The normalized spacial score (nSPS) is 40.5. The van der Waals surface area contributed by atoms with E-state index in [-0.39, 0.29) is 12.4 Å². The number of halogens is 1. The molecule has 1 aliphatic carbocycles.